The summed E-state index contributed by atoms with van der Waals surface area (Å²) >= 11 is 14.4. The fraction of sp³-hybridized carbons (Fsp3) is 0.613. The number of carbonyl (C=O) groups is 1. The second-order valence-electron chi connectivity index (χ2n) is 11.8. The molecule has 1 saturated carbocycles. The molecule has 1 aliphatic carbocycles. The second kappa shape index (κ2) is 16.0. The first kappa shape index (κ1) is 34.8. The zero-order chi connectivity index (χ0) is 32.0. The van der Waals surface area contributed by atoms with E-state index >= 15 is 0 Å². The molecule has 4 atom stereocenters. The molecule has 2 unspecified atom stereocenters. The summed E-state index contributed by atoms with van der Waals surface area (Å²) in [6, 6.07) is 4.51. The van der Waals surface area contributed by atoms with Crippen LogP contribution in [0.15, 0.2) is 30.6 Å². The summed E-state index contributed by atoms with van der Waals surface area (Å²) in [5.41, 5.74) is 0.911. The fourth-order valence-corrected chi connectivity index (χ4v) is 7.23. The molecule has 8 nitrogen and oxygen atoms in total. The molecule has 44 heavy (non-hydrogen) atoms. The van der Waals surface area contributed by atoms with Gasteiger partial charge in [-0.15, -0.1) is 11.8 Å². The number of ether oxygens (including phenoxy) is 3. The average molecular weight is 677 g/mol. The second-order valence-corrected chi connectivity index (χ2v) is 13.8. The summed E-state index contributed by atoms with van der Waals surface area (Å²) in [5, 5.41) is 11.6. The highest BCUT2D eigenvalue weighted by atomic mass is 35.5. The summed E-state index contributed by atoms with van der Waals surface area (Å²) in [5.74, 6) is 1.22. The van der Waals surface area contributed by atoms with Crippen molar-refractivity contribution in [2.75, 3.05) is 33.0 Å². The number of hydrogen-bond acceptors (Lipinski definition) is 8. The lowest BCUT2D eigenvalue weighted by Gasteiger charge is -2.37. The van der Waals surface area contributed by atoms with Crippen molar-refractivity contribution < 1.29 is 32.5 Å². The van der Waals surface area contributed by atoms with E-state index < -0.39 is 24.1 Å². The van der Waals surface area contributed by atoms with Gasteiger partial charge in [-0.05, 0) is 62.9 Å². The molecule has 4 rings (SSSR count). The van der Waals surface area contributed by atoms with Crippen LogP contribution in [0, 0.1) is 17.0 Å². The molecule has 0 bridgehead atoms. The van der Waals surface area contributed by atoms with Crippen LogP contribution in [0.2, 0.25) is 10.0 Å². The van der Waals surface area contributed by atoms with Crippen molar-refractivity contribution in [3.8, 4) is 11.5 Å². The third-order valence-corrected chi connectivity index (χ3v) is 9.78. The van der Waals surface area contributed by atoms with Crippen molar-refractivity contribution in [1.82, 2.24) is 9.80 Å². The van der Waals surface area contributed by atoms with E-state index in [9.17, 15) is 18.8 Å². The van der Waals surface area contributed by atoms with Crippen molar-refractivity contribution in [3.63, 3.8) is 0 Å². The van der Waals surface area contributed by atoms with Gasteiger partial charge >= 0.3 is 12.6 Å². The minimum Gasteiger partial charge on any atom is -0.619 e. The predicted octanol–water partition coefficient (Wildman–Crippen LogP) is 6.93. The Bertz CT molecular complexity index is 1250. The first-order chi connectivity index (χ1) is 21.0. The van der Waals surface area contributed by atoms with Crippen molar-refractivity contribution in [2.45, 2.75) is 76.6 Å². The molecule has 2 heterocycles. The number of halogens is 4. The van der Waals surface area contributed by atoms with E-state index in [4.69, 9.17) is 37.4 Å². The van der Waals surface area contributed by atoms with Crippen LogP contribution in [0.25, 0.3) is 0 Å². The van der Waals surface area contributed by atoms with Crippen LogP contribution in [0.5, 0.6) is 11.5 Å². The van der Waals surface area contributed by atoms with Crippen LogP contribution < -0.4 is 14.2 Å². The quantitative estimate of drug-likeness (QED) is 0.108. The summed E-state index contributed by atoms with van der Waals surface area (Å²) < 4.78 is 43.7. The molecule has 1 saturated heterocycles. The Morgan fingerprint density at radius 2 is 1.91 bits per heavy atom. The monoisotopic (exact) mass is 675 g/mol. The third kappa shape index (κ3) is 9.48. The number of esters is 1. The topological polar surface area (TPSA) is 78.2 Å². The first-order valence-corrected chi connectivity index (χ1v) is 16.8. The minimum atomic E-state index is -3.03. The number of pyridine rings is 1. The maximum Gasteiger partial charge on any atom is 0.387 e. The number of aromatic nitrogens is 1. The highest BCUT2D eigenvalue weighted by Gasteiger charge is 2.40. The van der Waals surface area contributed by atoms with Crippen molar-refractivity contribution in [3.05, 3.63) is 57.0 Å². The highest BCUT2D eigenvalue weighted by Crippen LogP contribution is 2.39. The average Bonchev–Trinajstić information content (AvgIpc) is 3.65. The van der Waals surface area contributed by atoms with Crippen LogP contribution in [0.1, 0.15) is 63.2 Å². The summed E-state index contributed by atoms with van der Waals surface area (Å²) in [7, 11) is 4.04. The van der Waals surface area contributed by atoms with E-state index in [0.717, 1.165) is 44.4 Å². The Hall–Kier alpha value is -2.05. The number of benzene rings is 1. The van der Waals surface area contributed by atoms with Gasteiger partial charge in [-0.1, -0.05) is 56.0 Å². The van der Waals surface area contributed by atoms with Crippen LogP contribution in [-0.4, -0.2) is 66.9 Å². The van der Waals surface area contributed by atoms with Gasteiger partial charge < -0.3 is 19.4 Å². The van der Waals surface area contributed by atoms with E-state index in [1.165, 1.54) is 30.2 Å². The maximum absolute atomic E-state index is 13.9. The number of thioether (sulfide) groups is 1. The molecule has 0 radical (unpaired) electrons. The normalized spacial score (nSPS) is 19.3. The zero-order valence-corrected chi connectivity index (χ0v) is 27.8. The first-order valence-electron chi connectivity index (χ1n) is 15.0. The van der Waals surface area contributed by atoms with E-state index in [0.29, 0.717) is 34.3 Å². The fourth-order valence-electron chi connectivity index (χ4n) is 5.47. The molecule has 1 aliphatic heterocycles. The molecular weight excluding hydrogens is 635 g/mol. The molecule has 2 aromatic rings. The van der Waals surface area contributed by atoms with Crippen LogP contribution in [-0.2, 0) is 16.0 Å². The largest absolute Gasteiger partial charge is 0.619 e. The van der Waals surface area contributed by atoms with Crippen molar-refractivity contribution in [1.29, 1.82) is 0 Å². The number of rotatable bonds is 16. The lowest BCUT2D eigenvalue weighted by Crippen LogP contribution is -2.50. The van der Waals surface area contributed by atoms with E-state index in [1.807, 2.05) is 14.1 Å². The van der Waals surface area contributed by atoms with Gasteiger partial charge in [0.25, 0.3) is 0 Å². The van der Waals surface area contributed by atoms with E-state index in [-0.39, 0.29) is 34.1 Å². The molecule has 244 valence electrons. The van der Waals surface area contributed by atoms with Gasteiger partial charge in [0.1, 0.15) is 16.1 Å². The lowest BCUT2D eigenvalue weighted by atomic mass is 9.99. The van der Waals surface area contributed by atoms with Gasteiger partial charge in [-0.25, -0.2) is 4.79 Å². The van der Waals surface area contributed by atoms with Crippen molar-refractivity contribution in [2.24, 2.45) is 11.8 Å². The van der Waals surface area contributed by atoms with Crippen LogP contribution in [0.3, 0.4) is 0 Å². The Labute approximate surface area is 272 Å². The molecular formula is C31H41Cl2F2N3O5S. The standard InChI is InChI=1S/C31H41Cl2F2N3O5S/c1-5-6-19(2)13-28(36(3)4)38-11-12-44-29(38)30(39)42-26(15-22-23(32)16-37(40)17-24(22)33)21-9-10-25(43-31(34)35)27(14-21)41-18-20-7-8-20/h9-10,14,16-17,19-20,26,28-29,31H,5-8,11-13,15,18H2,1-4H3/t19?,26-,28?,29-/m0/s1. The zero-order valence-electron chi connectivity index (χ0n) is 25.5. The van der Waals surface area contributed by atoms with E-state index in [2.05, 4.69) is 23.6 Å². The number of alkyl halides is 2. The molecule has 2 aliphatic rings. The Balaban J connectivity index is 1.64. The third-order valence-electron chi connectivity index (χ3n) is 7.93. The summed E-state index contributed by atoms with van der Waals surface area (Å²) in [6.45, 7) is 2.46. The molecule has 2 fully saturated rings. The van der Waals surface area contributed by atoms with E-state index in [1.54, 1.807) is 12.1 Å². The lowest BCUT2D eigenvalue weighted by molar-refractivity contribution is -0.605. The molecule has 13 heteroatoms. The predicted molar refractivity (Wildman–Crippen MR) is 168 cm³/mol. The maximum atomic E-state index is 13.9. The number of nitrogens with zero attached hydrogens (tertiary/aromatic N) is 3. The van der Waals surface area contributed by atoms with Crippen molar-refractivity contribution >= 4 is 40.9 Å². The van der Waals surface area contributed by atoms with Crippen LogP contribution in [0.4, 0.5) is 8.78 Å². The SMILES string of the molecule is CCCC(C)CC(N(C)C)N1CCS[C@H]1C(=O)O[C@@H](Cc1c(Cl)c[n+]([O-])cc1Cl)c1ccc(OC(F)F)c(OCC2CC2)c1. The molecule has 1 aromatic heterocycles. The van der Waals surface area contributed by atoms with Gasteiger partial charge in [0.2, 0.25) is 0 Å². The highest BCUT2D eigenvalue weighted by molar-refractivity contribution is 8.00. The van der Waals surface area contributed by atoms with Gasteiger partial charge in [-0.3, -0.25) is 9.80 Å². The summed E-state index contributed by atoms with van der Waals surface area (Å²) in [6.07, 6.45) is 6.65. The summed E-state index contributed by atoms with van der Waals surface area (Å²) in [4.78, 5) is 18.3. The smallest absolute Gasteiger partial charge is 0.387 e. The van der Waals surface area contributed by atoms with Gasteiger partial charge in [0.05, 0.1) is 12.8 Å². The Morgan fingerprint density at radius 1 is 1.20 bits per heavy atom. The number of carbonyl (C=O) groups excluding carboxylic acids is 1. The molecule has 0 amide bonds. The molecule has 0 spiro atoms. The molecule has 0 N–H and O–H groups in total. The molecule has 1 aromatic carbocycles. The number of hydrogen-bond donors (Lipinski definition) is 0. The van der Waals surface area contributed by atoms with Gasteiger partial charge in [0, 0.05) is 24.3 Å². The van der Waals surface area contributed by atoms with Crippen LogP contribution >= 0.6 is 35.0 Å². The van der Waals surface area contributed by atoms with Gasteiger partial charge in [-0.2, -0.15) is 13.5 Å². The van der Waals surface area contributed by atoms with Gasteiger partial charge in [0.15, 0.2) is 29.3 Å². The Morgan fingerprint density at radius 3 is 2.52 bits per heavy atom. The Kier molecular flexibility index (Phi) is 12.6. The minimum absolute atomic E-state index is 0.0428.